The first-order valence-electron chi connectivity index (χ1n) is 5.25. The van der Waals surface area contributed by atoms with Gasteiger partial charge in [-0.15, -0.1) is 0 Å². The third-order valence-corrected chi connectivity index (χ3v) is 3.78. The first-order valence-corrected chi connectivity index (χ1v) is 6.01. The fraction of sp³-hybridized carbons (Fsp3) is 0.500. The summed E-state index contributed by atoms with van der Waals surface area (Å²) in [6.45, 7) is 2.27. The van der Waals surface area contributed by atoms with Crippen molar-refractivity contribution in [3.8, 4) is 0 Å². The molecule has 3 heteroatoms. The molecule has 1 aromatic rings. The summed E-state index contributed by atoms with van der Waals surface area (Å²) in [5.41, 5.74) is 1.13. The molecule has 0 saturated heterocycles. The van der Waals surface area contributed by atoms with Gasteiger partial charge in [0.05, 0.1) is 0 Å². The number of rotatable bonds is 3. The molecule has 1 aliphatic carbocycles. The second kappa shape index (κ2) is 4.32. The van der Waals surface area contributed by atoms with Crippen LogP contribution < -0.4 is 5.32 Å². The molecule has 0 amide bonds. The van der Waals surface area contributed by atoms with Gasteiger partial charge in [0.1, 0.15) is 0 Å². The van der Waals surface area contributed by atoms with E-state index in [0.29, 0.717) is 12.0 Å². The van der Waals surface area contributed by atoms with Crippen molar-refractivity contribution in [2.75, 3.05) is 7.05 Å². The molecule has 0 aliphatic heterocycles. The van der Waals surface area contributed by atoms with Gasteiger partial charge in [-0.05, 0) is 49.1 Å². The Morgan fingerprint density at radius 2 is 2.07 bits per heavy atom. The monoisotopic (exact) mass is 243 g/mol. The summed E-state index contributed by atoms with van der Waals surface area (Å²) in [6.07, 6.45) is 1.27. The molecule has 1 aromatic carbocycles. The van der Waals surface area contributed by atoms with Crippen LogP contribution in [0.1, 0.15) is 24.9 Å². The molecule has 2 rings (SSSR count). The van der Waals surface area contributed by atoms with Crippen LogP contribution in [-0.4, -0.2) is 7.05 Å². The van der Waals surface area contributed by atoms with E-state index in [1.807, 2.05) is 25.2 Å². The molecular formula is C12H15Cl2N. The zero-order valence-corrected chi connectivity index (χ0v) is 10.4. The second-order valence-corrected chi connectivity index (χ2v) is 5.15. The number of benzene rings is 1. The van der Waals surface area contributed by atoms with Crippen LogP contribution in [0.4, 0.5) is 0 Å². The molecule has 0 spiro atoms. The maximum Gasteiger partial charge on any atom is 0.0454 e. The Balaban J connectivity index is 2.29. The maximum absolute atomic E-state index is 6.19. The van der Waals surface area contributed by atoms with E-state index in [4.69, 9.17) is 23.2 Å². The third kappa shape index (κ3) is 2.30. The van der Waals surface area contributed by atoms with Gasteiger partial charge in [0.2, 0.25) is 0 Å². The van der Waals surface area contributed by atoms with E-state index in [9.17, 15) is 0 Å². The lowest BCUT2D eigenvalue weighted by atomic mass is 10.0. The van der Waals surface area contributed by atoms with Crippen LogP contribution in [0.5, 0.6) is 0 Å². The summed E-state index contributed by atoms with van der Waals surface area (Å²) in [4.78, 5) is 0. The summed E-state index contributed by atoms with van der Waals surface area (Å²) >= 11 is 12.2. The Morgan fingerprint density at radius 3 is 2.60 bits per heavy atom. The number of hydrogen-bond acceptors (Lipinski definition) is 1. The van der Waals surface area contributed by atoms with E-state index in [-0.39, 0.29) is 0 Å². The van der Waals surface area contributed by atoms with E-state index >= 15 is 0 Å². The molecule has 15 heavy (non-hydrogen) atoms. The summed E-state index contributed by atoms with van der Waals surface area (Å²) in [6, 6.07) is 6.01. The lowest BCUT2D eigenvalue weighted by molar-refractivity contribution is 0.504. The molecule has 0 radical (unpaired) electrons. The highest BCUT2D eigenvalue weighted by Crippen LogP contribution is 2.48. The first-order chi connectivity index (χ1) is 7.13. The van der Waals surface area contributed by atoms with Crippen molar-refractivity contribution in [2.45, 2.75) is 19.4 Å². The van der Waals surface area contributed by atoms with Crippen molar-refractivity contribution < 1.29 is 0 Å². The van der Waals surface area contributed by atoms with Crippen LogP contribution >= 0.6 is 23.2 Å². The van der Waals surface area contributed by atoms with Crippen LogP contribution in [0.25, 0.3) is 0 Å². The predicted molar refractivity (Wildman–Crippen MR) is 65.5 cm³/mol. The largest absolute Gasteiger partial charge is 0.313 e. The molecule has 3 unspecified atom stereocenters. The van der Waals surface area contributed by atoms with Gasteiger partial charge < -0.3 is 5.32 Å². The highest BCUT2D eigenvalue weighted by Gasteiger charge is 2.40. The number of halogens is 2. The third-order valence-electron chi connectivity index (χ3n) is 3.20. The lowest BCUT2D eigenvalue weighted by Gasteiger charge is -2.18. The van der Waals surface area contributed by atoms with Crippen LogP contribution in [0.3, 0.4) is 0 Å². The highest BCUT2D eigenvalue weighted by molar-refractivity contribution is 6.33. The Kier molecular flexibility index (Phi) is 3.24. The van der Waals surface area contributed by atoms with Gasteiger partial charge in [-0.25, -0.2) is 0 Å². The summed E-state index contributed by atoms with van der Waals surface area (Å²) in [7, 11) is 1.98. The summed E-state index contributed by atoms with van der Waals surface area (Å²) in [5, 5.41) is 4.89. The van der Waals surface area contributed by atoms with Gasteiger partial charge >= 0.3 is 0 Å². The van der Waals surface area contributed by atoms with Gasteiger partial charge in [-0.3, -0.25) is 0 Å². The Bertz CT molecular complexity index is 365. The topological polar surface area (TPSA) is 12.0 Å². The summed E-state index contributed by atoms with van der Waals surface area (Å²) < 4.78 is 0. The van der Waals surface area contributed by atoms with E-state index in [1.54, 1.807) is 0 Å². The molecule has 0 heterocycles. The first kappa shape index (κ1) is 11.3. The maximum atomic E-state index is 6.19. The number of hydrogen-bond donors (Lipinski definition) is 1. The van der Waals surface area contributed by atoms with E-state index in [2.05, 4.69) is 12.2 Å². The minimum absolute atomic E-state index is 0.339. The molecular weight excluding hydrogens is 229 g/mol. The average molecular weight is 244 g/mol. The molecule has 0 bridgehead atoms. The molecule has 1 aliphatic rings. The Labute approximate surface area is 101 Å². The smallest absolute Gasteiger partial charge is 0.0454 e. The quantitative estimate of drug-likeness (QED) is 0.849. The molecule has 82 valence electrons. The van der Waals surface area contributed by atoms with Crippen molar-refractivity contribution in [3.63, 3.8) is 0 Å². The van der Waals surface area contributed by atoms with E-state index < -0.39 is 0 Å². The average Bonchev–Trinajstić information content (AvgIpc) is 2.90. The molecule has 3 atom stereocenters. The summed E-state index contributed by atoms with van der Waals surface area (Å²) in [5.74, 6) is 1.49. The van der Waals surface area contributed by atoms with Crippen LogP contribution in [0.2, 0.25) is 10.0 Å². The predicted octanol–water partition coefficient (Wildman–Crippen LogP) is 3.91. The van der Waals surface area contributed by atoms with E-state index in [0.717, 1.165) is 21.5 Å². The van der Waals surface area contributed by atoms with Crippen molar-refractivity contribution in [1.29, 1.82) is 0 Å². The Morgan fingerprint density at radius 1 is 1.40 bits per heavy atom. The van der Waals surface area contributed by atoms with E-state index in [1.165, 1.54) is 6.42 Å². The van der Waals surface area contributed by atoms with Crippen molar-refractivity contribution in [3.05, 3.63) is 33.8 Å². The van der Waals surface area contributed by atoms with Crippen LogP contribution in [-0.2, 0) is 0 Å². The van der Waals surface area contributed by atoms with Gasteiger partial charge in [-0.1, -0.05) is 30.1 Å². The van der Waals surface area contributed by atoms with Crippen LogP contribution in [0.15, 0.2) is 18.2 Å². The Hall–Kier alpha value is -0.240. The van der Waals surface area contributed by atoms with Gasteiger partial charge in [0, 0.05) is 16.1 Å². The molecule has 1 nitrogen and oxygen atoms in total. The fourth-order valence-electron chi connectivity index (χ4n) is 2.17. The zero-order valence-electron chi connectivity index (χ0n) is 8.93. The molecule has 1 saturated carbocycles. The van der Waals surface area contributed by atoms with Crippen LogP contribution in [0, 0.1) is 11.8 Å². The van der Waals surface area contributed by atoms with Gasteiger partial charge in [0.25, 0.3) is 0 Å². The molecule has 0 aromatic heterocycles. The van der Waals surface area contributed by atoms with Gasteiger partial charge in [0.15, 0.2) is 0 Å². The zero-order chi connectivity index (χ0) is 11.0. The van der Waals surface area contributed by atoms with Crippen molar-refractivity contribution in [1.82, 2.24) is 5.32 Å². The van der Waals surface area contributed by atoms with Crippen molar-refractivity contribution in [2.24, 2.45) is 11.8 Å². The lowest BCUT2D eigenvalue weighted by Crippen LogP contribution is -2.19. The van der Waals surface area contributed by atoms with Gasteiger partial charge in [-0.2, -0.15) is 0 Å². The second-order valence-electron chi connectivity index (χ2n) is 4.31. The SMILES string of the molecule is CNC(c1cc(Cl)ccc1Cl)C1CC1C. The minimum atomic E-state index is 0.339. The molecule has 1 fully saturated rings. The minimum Gasteiger partial charge on any atom is -0.313 e. The van der Waals surface area contributed by atoms with Crippen molar-refractivity contribution >= 4 is 23.2 Å². The standard InChI is InChI=1S/C12H15Cl2N/c1-7-5-9(7)12(15-2)10-6-8(13)3-4-11(10)14/h3-4,6-7,9,12,15H,5H2,1-2H3. The fourth-order valence-corrected chi connectivity index (χ4v) is 2.58. The number of nitrogens with one attached hydrogen (secondary N) is 1. The normalized spacial score (nSPS) is 26.4. The molecule has 1 N–H and O–H groups in total. The highest BCUT2D eigenvalue weighted by atomic mass is 35.5.